The van der Waals surface area contributed by atoms with Crippen molar-refractivity contribution in [2.75, 3.05) is 0 Å². The van der Waals surface area contributed by atoms with Gasteiger partial charge in [0.1, 0.15) is 22.2 Å². The van der Waals surface area contributed by atoms with Gasteiger partial charge in [0, 0.05) is 0 Å². The average Bonchev–Trinajstić information content (AvgIpc) is 2.16. The van der Waals surface area contributed by atoms with Crippen molar-refractivity contribution in [3.05, 3.63) is 26.2 Å². The highest BCUT2D eigenvalue weighted by atomic mass is 35.5. The normalized spacial score (nSPS) is 9.21. The summed E-state index contributed by atoms with van der Waals surface area (Å²) in [5.74, 6) is -0.508. The van der Waals surface area contributed by atoms with E-state index in [1.807, 2.05) is 0 Å². The number of rotatable bonds is 0. The summed E-state index contributed by atoms with van der Waals surface area (Å²) in [5.41, 5.74) is -0.321. The maximum Gasteiger partial charge on any atom is 0.155 e. The van der Waals surface area contributed by atoms with Crippen LogP contribution in [0.2, 0.25) is 15.1 Å². The summed E-state index contributed by atoms with van der Waals surface area (Å²) in [6.45, 7) is 0. The Morgan fingerprint density at radius 2 is 1.21 bits per heavy atom. The largest absolute Gasteiger partial charge is 0.505 e. The molecule has 0 heterocycles. The van der Waals surface area contributed by atoms with Crippen LogP contribution in [0.25, 0.3) is 0 Å². The Balaban J connectivity index is 3.78. The number of benzene rings is 1. The highest BCUT2D eigenvalue weighted by molar-refractivity contribution is 6.42. The van der Waals surface area contributed by atoms with Crippen molar-refractivity contribution in [2.45, 2.75) is 0 Å². The first kappa shape index (κ1) is 10.9. The molecule has 0 bridgehead atoms. The van der Waals surface area contributed by atoms with Gasteiger partial charge in [-0.2, -0.15) is 10.5 Å². The van der Waals surface area contributed by atoms with Crippen LogP contribution in [-0.2, 0) is 0 Å². The fourth-order valence-electron chi connectivity index (χ4n) is 0.847. The molecule has 0 unspecified atom stereocenters. The number of phenolic OH excluding ortho intramolecular Hbond substituents is 1. The van der Waals surface area contributed by atoms with Gasteiger partial charge >= 0.3 is 0 Å². The summed E-state index contributed by atoms with van der Waals surface area (Å²) in [6.07, 6.45) is 0. The SMILES string of the molecule is N#Cc1c(Cl)c(O)c(Cl)c(C#N)c1Cl. The third kappa shape index (κ3) is 1.47. The Kier molecular flexibility index (Phi) is 3.08. The molecule has 14 heavy (non-hydrogen) atoms. The molecule has 0 aliphatic heterocycles. The minimum absolute atomic E-state index is 0.150. The molecule has 0 fully saturated rings. The predicted molar refractivity (Wildman–Crippen MR) is 52.6 cm³/mol. The first-order valence-corrected chi connectivity index (χ1v) is 4.37. The quantitative estimate of drug-likeness (QED) is 0.766. The standard InChI is InChI=1S/C8HCl3N2O/c9-5-3(1-12)6(10)8(14)7(11)4(5)2-13/h14H. The molecule has 0 aliphatic carbocycles. The van der Waals surface area contributed by atoms with E-state index >= 15 is 0 Å². The average molecular weight is 247 g/mol. The molecule has 6 heteroatoms. The lowest BCUT2D eigenvalue weighted by molar-refractivity contribution is 0.475. The fourth-order valence-corrected chi connectivity index (χ4v) is 1.73. The second kappa shape index (κ2) is 3.94. The molecule has 0 aromatic heterocycles. The summed E-state index contributed by atoms with van der Waals surface area (Å²) in [7, 11) is 0. The molecule has 0 radical (unpaired) electrons. The number of halogens is 3. The van der Waals surface area contributed by atoms with Gasteiger partial charge in [0.2, 0.25) is 0 Å². The first-order chi connectivity index (χ1) is 6.54. The Hall–Kier alpha value is -1.13. The maximum atomic E-state index is 9.33. The Morgan fingerprint density at radius 1 is 0.857 bits per heavy atom. The van der Waals surface area contributed by atoms with E-state index in [2.05, 4.69) is 0 Å². The summed E-state index contributed by atoms with van der Waals surface area (Å²) in [5, 5.41) is 26.0. The number of nitriles is 2. The highest BCUT2D eigenvalue weighted by Crippen LogP contribution is 2.41. The number of aromatic hydroxyl groups is 1. The van der Waals surface area contributed by atoms with Crippen molar-refractivity contribution in [3.8, 4) is 17.9 Å². The molecule has 0 atom stereocenters. The van der Waals surface area contributed by atoms with E-state index in [1.165, 1.54) is 0 Å². The van der Waals surface area contributed by atoms with Crippen LogP contribution in [0.5, 0.6) is 5.75 Å². The molecular weight excluding hydrogens is 246 g/mol. The first-order valence-electron chi connectivity index (χ1n) is 3.24. The van der Waals surface area contributed by atoms with Crippen molar-refractivity contribution in [2.24, 2.45) is 0 Å². The predicted octanol–water partition coefficient (Wildman–Crippen LogP) is 3.10. The van der Waals surface area contributed by atoms with Gasteiger partial charge in [0.25, 0.3) is 0 Å². The fraction of sp³-hybridized carbons (Fsp3) is 0. The smallest absolute Gasteiger partial charge is 0.155 e. The lowest BCUT2D eigenvalue weighted by Crippen LogP contribution is -1.88. The minimum Gasteiger partial charge on any atom is -0.505 e. The van der Waals surface area contributed by atoms with Gasteiger partial charge in [-0.05, 0) is 0 Å². The molecule has 3 nitrogen and oxygen atoms in total. The summed E-state index contributed by atoms with van der Waals surface area (Å²) < 4.78 is 0. The van der Waals surface area contributed by atoms with Gasteiger partial charge in [-0.1, -0.05) is 34.8 Å². The van der Waals surface area contributed by atoms with Gasteiger partial charge < -0.3 is 5.11 Å². The van der Waals surface area contributed by atoms with Crippen molar-refractivity contribution in [3.63, 3.8) is 0 Å². The van der Waals surface area contributed by atoms with Crippen LogP contribution in [-0.4, -0.2) is 5.11 Å². The van der Waals surface area contributed by atoms with Gasteiger partial charge in [0.05, 0.1) is 16.1 Å². The number of hydrogen-bond donors (Lipinski definition) is 1. The molecule has 70 valence electrons. The van der Waals surface area contributed by atoms with E-state index in [4.69, 9.17) is 45.3 Å². The van der Waals surface area contributed by atoms with Crippen molar-refractivity contribution in [1.82, 2.24) is 0 Å². The van der Waals surface area contributed by atoms with E-state index in [9.17, 15) is 5.11 Å². The molecule has 1 rings (SSSR count). The molecule has 1 N–H and O–H groups in total. The number of hydrogen-bond acceptors (Lipinski definition) is 3. The van der Waals surface area contributed by atoms with E-state index in [-0.39, 0.29) is 26.2 Å². The lowest BCUT2D eigenvalue weighted by Gasteiger charge is -2.06. The third-order valence-electron chi connectivity index (χ3n) is 1.52. The zero-order chi connectivity index (χ0) is 10.9. The van der Waals surface area contributed by atoms with E-state index < -0.39 is 5.75 Å². The minimum atomic E-state index is -0.508. The van der Waals surface area contributed by atoms with E-state index in [0.717, 1.165) is 0 Å². The zero-order valence-electron chi connectivity index (χ0n) is 6.48. The van der Waals surface area contributed by atoms with Gasteiger partial charge in [-0.25, -0.2) is 0 Å². The third-order valence-corrected chi connectivity index (χ3v) is 2.63. The Morgan fingerprint density at radius 3 is 1.50 bits per heavy atom. The summed E-state index contributed by atoms with van der Waals surface area (Å²) in [6, 6.07) is 3.35. The van der Waals surface area contributed by atoms with Gasteiger partial charge in [-0.15, -0.1) is 0 Å². The molecule has 1 aromatic rings. The molecule has 0 aliphatic rings. The molecule has 0 spiro atoms. The second-order valence-electron chi connectivity index (χ2n) is 2.26. The van der Waals surface area contributed by atoms with Crippen LogP contribution < -0.4 is 0 Å². The van der Waals surface area contributed by atoms with Crippen LogP contribution in [0.15, 0.2) is 0 Å². The van der Waals surface area contributed by atoms with Crippen molar-refractivity contribution >= 4 is 34.8 Å². The second-order valence-corrected chi connectivity index (χ2v) is 3.40. The van der Waals surface area contributed by atoms with E-state index in [0.29, 0.717) is 0 Å². The lowest BCUT2D eigenvalue weighted by atomic mass is 10.1. The highest BCUT2D eigenvalue weighted by Gasteiger charge is 2.20. The summed E-state index contributed by atoms with van der Waals surface area (Å²) in [4.78, 5) is 0. The van der Waals surface area contributed by atoms with Crippen LogP contribution in [0, 0.1) is 22.7 Å². The Bertz CT molecular complexity index is 444. The number of nitrogens with zero attached hydrogens (tertiary/aromatic N) is 2. The molecule has 0 amide bonds. The van der Waals surface area contributed by atoms with Crippen LogP contribution >= 0.6 is 34.8 Å². The van der Waals surface area contributed by atoms with E-state index in [1.54, 1.807) is 12.1 Å². The van der Waals surface area contributed by atoms with Gasteiger partial charge in [0.15, 0.2) is 5.75 Å². The Labute approximate surface area is 94.7 Å². The summed E-state index contributed by atoms with van der Waals surface area (Å²) >= 11 is 16.8. The van der Waals surface area contributed by atoms with Crippen LogP contribution in [0.3, 0.4) is 0 Å². The number of phenols is 1. The maximum absolute atomic E-state index is 9.33. The zero-order valence-corrected chi connectivity index (χ0v) is 8.74. The van der Waals surface area contributed by atoms with Crippen LogP contribution in [0.1, 0.15) is 11.1 Å². The molecule has 0 saturated heterocycles. The monoisotopic (exact) mass is 246 g/mol. The molecular formula is C8HCl3N2O. The van der Waals surface area contributed by atoms with Gasteiger partial charge in [-0.3, -0.25) is 0 Å². The molecule has 1 aromatic carbocycles. The molecule has 0 saturated carbocycles. The van der Waals surface area contributed by atoms with Crippen molar-refractivity contribution in [1.29, 1.82) is 10.5 Å². The van der Waals surface area contributed by atoms with Crippen molar-refractivity contribution < 1.29 is 5.11 Å². The topological polar surface area (TPSA) is 67.8 Å². The van der Waals surface area contributed by atoms with Crippen LogP contribution in [0.4, 0.5) is 0 Å².